The number of hydrogen-bond acceptors (Lipinski definition) is 6. The van der Waals surface area contributed by atoms with Gasteiger partial charge in [0.2, 0.25) is 0 Å². The van der Waals surface area contributed by atoms with Gasteiger partial charge < -0.3 is 14.4 Å². The van der Waals surface area contributed by atoms with Crippen LogP contribution in [0.4, 0.5) is 0 Å². The fourth-order valence-corrected chi connectivity index (χ4v) is 4.21. The molecule has 0 bridgehead atoms. The first kappa shape index (κ1) is 17.7. The van der Waals surface area contributed by atoms with Crippen molar-refractivity contribution in [2.45, 2.75) is 25.6 Å². The SMILES string of the molecule is Cc1cc(=O)oc2cc(CN3C[C@H](O)[C@@H](N4CCN(C)CC4)C3)ccc12. The molecule has 1 aromatic heterocycles. The summed E-state index contributed by atoms with van der Waals surface area (Å²) in [5, 5.41) is 11.5. The number of rotatable bonds is 3. The molecule has 2 fully saturated rings. The minimum atomic E-state index is -0.307. The monoisotopic (exact) mass is 357 g/mol. The first-order valence-corrected chi connectivity index (χ1v) is 9.36. The molecule has 2 aromatic rings. The summed E-state index contributed by atoms with van der Waals surface area (Å²) in [7, 11) is 2.15. The molecule has 4 rings (SSSR count). The molecular formula is C20H27N3O3. The van der Waals surface area contributed by atoms with E-state index in [2.05, 4.69) is 27.8 Å². The highest BCUT2D eigenvalue weighted by atomic mass is 16.4. The van der Waals surface area contributed by atoms with Crippen LogP contribution in [0.5, 0.6) is 0 Å². The molecule has 2 aliphatic rings. The second-order valence-corrected chi connectivity index (χ2v) is 7.75. The number of β-amino-alcohol motifs (C(OH)–C–C–N with tert-alkyl or cyclic N) is 1. The highest BCUT2D eigenvalue weighted by Gasteiger charge is 2.36. The fraction of sp³-hybridized carbons (Fsp3) is 0.550. The largest absolute Gasteiger partial charge is 0.423 e. The van der Waals surface area contributed by atoms with E-state index < -0.39 is 0 Å². The van der Waals surface area contributed by atoms with Gasteiger partial charge in [-0.3, -0.25) is 9.80 Å². The predicted octanol–water partition coefficient (Wildman–Crippen LogP) is 0.894. The van der Waals surface area contributed by atoms with E-state index in [9.17, 15) is 9.90 Å². The van der Waals surface area contributed by atoms with Gasteiger partial charge >= 0.3 is 5.63 Å². The van der Waals surface area contributed by atoms with Crippen LogP contribution in [0.1, 0.15) is 11.1 Å². The third kappa shape index (κ3) is 3.55. The van der Waals surface area contributed by atoms with E-state index in [0.29, 0.717) is 12.1 Å². The summed E-state index contributed by atoms with van der Waals surface area (Å²) < 4.78 is 5.36. The Morgan fingerprint density at radius 3 is 2.69 bits per heavy atom. The van der Waals surface area contributed by atoms with Crippen LogP contribution in [-0.2, 0) is 6.54 Å². The minimum absolute atomic E-state index is 0.212. The van der Waals surface area contributed by atoms with Gasteiger partial charge in [-0.15, -0.1) is 0 Å². The quantitative estimate of drug-likeness (QED) is 0.824. The topological polar surface area (TPSA) is 60.2 Å². The van der Waals surface area contributed by atoms with Gasteiger partial charge in [0.1, 0.15) is 5.58 Å². The maximum atomic E-state index is 11.6. The van der Waals surface area contributed by atoms with Gasteiger partial charge in [0.25, 0.3) is 0 Å². The number of hydrogen-bond donors (Lipinski definition) is 1. The van der Waals surface area contributed by atoms with E-state index in [4.69, 9.17) is 4.42 Å². The summed E-state index contributed by atoms with van der Waals surface area (Å²) in [5.41, 5.74) is 2.38. The van der Waals surface area contributed by atoms with Crippen molar-refractivity contribution in [2.24, 2.45) is 0 Å². The summed E-state index contributed by atoms with van der Waals surface area (Å²) in [6.45, 7) is 8.41. The molecule has 0 amide bonds. The van der Waals surface area contributed by atoms with Crippen molar-refractivity contribution in [1.29, 1.82) is 0 Å². The van der Waals surface area contributed by atoms with E-state index in [1.54, 1.807) is 0 Å². The van der Waals surface area contributed by atoms with Gasteiger partial charge in [0.05, 0.1) is 6.10 Å². The molecule has 6 heteroatoms. The summed E-state index contributed by atoms with van der Waals surface area (Å²) in [6, 6.07) is 7.81. The Bertz CT molecular complexity index is 842. The van der Waals surface area contributed by atoms with E-state index in [1.165, 1.54) is 6.07 Å². The van der Waals surface area contributed by atoms with Crippen LogP contribution >= 0.6 is 0 Å². The van der Waals surface area contributed by atoms with Crippen LogP contribution < -0.4 is 5.63 Å². The van der Waals surface area contributed by atoms with E-state index >= 15 is 0 Å². The van der Waals surface area contributed by atoms with E-state index in [0.717, 1.165) is 55.8 Å². The fourth-order valence-electron chi connectivity index (χ4n) is 4.21. The number of fused-ring (bicyclic) bond motifs is 1. The smallest absolute Gasteiger partial charge is 0.336 e. The lowest BCUT2D eigenvalue weighted by Crippen LogP contribution is -2.52. The summed E-state index contributed by atoms with van der Waals surface area (Å²) in [5.74, 6) is 0. The average molecular weight is 357 g/mol. The first-order chi connectivity index (χ1) is 12.5. The molecule has 6 nitrogen and oxygen atoms in total. The Balaban J connectivity index is 1.46. The molecule has 2 saturated heterocycles. The summed E-state index contributed by atoms with van der Waals surface area (Å²) >= 11 is 0. The molecule has 0 spiro atoms. The second-order valence-electron chi connectivity index (χ2n) is 7.75. The Morgan fingerprint density at radius 1 is 1.15 bits per heavy atom. The minimum Gasteiger partial charge on any atom is -0.423 e. The van der Waals surface area contributed by atoms with Gasteiger partial charge in [0.15, 0.2) is 0 Å². The normalized spacial score (nSPS) is 26.0. The number of benzene rings is 1. The van der Waals surface area contributed by atoms with Crippen molar-refractivity contribution in [1.82, 2.24) is 14.7 Å². The molecule has 140 valence electrons. The molecule has 0 saturated carbocycles. The zero-order chi connectivity index (χ0) is 18.3. The van der Waals surface area contributed by atoms with Gasteiger partial charge in [-0.25, -0.2) is 4.79 Å². The number of piperazine rings is 1. The molecule has 3 heterocycles. The number of nitrogens with zero attached hydrogens (tertiary/aromatic N) is 3. The molecule has 0 aliphatic carbocycles. The van der Waals surface area contributed by atoms with E-state index in [1.807, 2.05) is 19.1 Å². The Hall–Kier alpha value is -1.73. The van der Waals surface area contributed by atoms with Crippen molar-refractivity contribution in [2.75, 3.05) is 46.3 Å². The second kappa shape index (κ2) is 7.12. The number of aryl methyl sites for hydroxylation is 1. The molecule has 0 unspecified atom stereocenters. The van der Waals surface area contributed by atoms with Gasteiger partial charge in [0, 0.05) is 63.3 Å². The van der Waals surface area contributed by atoms with Gasteiger partial charge in [-0.1, -0.05) is 12.1 Å². The average Bonchev–Trinajstić information content (AvgIpc) is 2.95. The van der Waals surface area contributed by atoms with Gasteiger partial charge in [-0.2, -0.15) is 0 Å². The van der Waals surface area contributed by atoms with Crippen molar-refractivity contribution < 1.29 is 9.52 Å². The molecular weight excluding hydrogens is 330 g/mol. The lowest BCUT2D eigenvalue weighted by molar-refractivity contribution is 0.0512. The first-order valence-electron chi connectivity index (χ1n) is 9.36. The highest BCUT2D eigenvalue weighted by molar-refractivity contribution is 5.80. The number of likely N-dealkylation sites (N-methyl/N-ethyl adjacent to an activating group) is 1. The number of aliphatic hydroxyl groups excluding tert-OH is 1. The zero-order valence-electron chi connectivity index (χ0n) is 15.5. The highest BCUT2D eigenvalue weighted by Crippen LogP contribution is 2.23. The number of aliphatic hydroxyl groups is 1. The van der Waals surface area contributed by atoms with Gasteiger partial charge in [-0.05, 0) is 31.2 Å². The maximum absolute atomic E-state index is 11.6. The third-order valence-corrected chi connectivity index (χ3v) is 5.76. The van der Waals surface area contributed by atoms with Crippen molar-refractivity contribution >= 4 is 11.0 Å². The molecule has 0 radical (unpaired) electrons. The Morgan fingerprint density at radius 2 is 1.92 bits per heavy atom. The van der Waals surface area contributed by atoms with Crippen molar-refractivity contribution in [3.63, 3.8) is 0 Å². The van der Waals surface area contributed by atoms with Crippen molar-refractivity contribution in [3.8, 4) is 0 Å². The molecule has 1 aromatic carbocycles. The Labute approximate surface area is 153 Å². The third-order valence-electron chi connectivity index (χ3n) is 5.76. The summed E-state index contributed by atoms with van der Waals surface area (Å²) in [4.78, 5) is 18.7. The van der Waals surface area contributed by atoms with Crippen LogP contribution in [0.15, 0.2) is 33.5 Å². The van der Waals surface area contributed by atoms with Crippen LogP contribution in [0.3, 0.4) is 0 Å². The van der Waals surface area contributed by atoms with Crippen LogP contribution in [-0.4, -0.2) is 78.3 Å². The lowest BCUT2D eigenvalue weighted by atomic mass is 10.1. The molecule has 1 N–H and O–H groups in total. The van der Waals surface area contributed by atoms with Crippen LogP contribution in [0.25, 0.3) is 11.0 Å². The zero-order valence-corrected chi connectivity index (χ0v) is 15.5. The van der Waals surface area contributed by atoms with Crippen LogP contribution in [0, 0.1) is 6.92 Å². The molecule has 2 aliphatic heterocycles. The van der Waals surface area contributed by atoms with Crippen LogP contribution in [0.2, 0.25) is 0 Å². The van der Waals surface area contributed by atoms with E-state index in [-0.39, 0.29) is 17.8 Å². The molecule has 2 atom stereocenters. The molecule has 26 heavy (non-hydrogen) atoms. The summed E-state index contributed by atoms with van der Waals surface area (Å²) in [6.07, 6.45) is -0.306. The maximum Gasteiger partial charge on any atom is 0.336 e. The van der Waals surface area contributed by atoms with Crippen molar-refractivity contribution in [3.05, 3.63) is 45.8 Å². The standard InChI is InChI=1S/C20H27N3O3/c1-14-9-20(25)26-19-10-15(3-4-16(14)19)11-22-12-17(18(24)13-22)23-7-5-21(2)6-8-23/h3-4,9-10,17-18,24H,5-8,11-13H2,1-2H3/t17-,18-/m0/s1. The Kier molecular flexibility index (Phi) is 4.84. The number of likely N-dealkylation sites (tertiary alicyclic amines) is 1. The predicted molar refractivity (Wildman–Crippen MR) is 101 cm³/mol. The lowest BCUT2D eigenvalue weighted by Gasteiger charge is -2.37.